The third-order valence-electron chi connectivity index (χ3n) is 2.88. The van der Waals surface area contributed by atoms with Gasteiger partial charge in [-0.2, -0.15) is 0 Å². The second-order valence-corrected chi connectivity index (χ2v) is 5.68. The lowest BCUT2D eigenvalue weighted by Crippen LogP contribution is -2.22. The van der Waals surface area contributed by atoms with Crippen molar-refractivity contribution in [3.05, 3.63) is 29.2 Å². The Morgan fingerprint density at radius 1 is 1.26 bits per heavy atom. The predicted octanol–water partition coefficient (Wildman–Crippen LogP) is 1.93. The normalized spacial score (nSPS) is 12.1. The Bertz CT molecular complexity index is 530. The largest absolute Gasteiger partial charge is 0.444 e. The molecule has 0 aliphatic carbocycles. The van der Waals surface area contributed by atoms with Gasteiger partial charge in [-0.1, -0.05) is 5.21 Å². The summed E-state index contributed by atoms with van der Waals surface area (Å²) < 4.78 is 7.36. The molecule has 1 N–H and O–H groups in total. The van der Waals surface area contributed by atoms with Crippen LogP contribution in [0.3, 0.4) is 0 Å². The van der Waals surface area contributed by atoms with Gasteiger partial charge in [0.1, 0.15) is 5.76 Å². The van der Waals surface area contributed by atoms with Crippen LogP contribution in [0.15, 0.2) is 10.6 Å². The van der Waals surface area contributed by atoms with E-state index in [1.165, 1.54) is 0 Å². The van der Waals surface area contributed by atoms with Gasteiger partial charge in [-0.3, -0.25) is 0 Å². The van der Waals surface area contributed by atoms with Crippen LogP contribution in [0.4, 0.5) is 0 Å². The van der Waals surface area contributed by atoms with Crippen LogP contribution in [0.2, 0.25) is 0 Å². The van der Waals surface area contributed by atoms with Crippen molar-refractivity contribution < 1.29 is 4.42 Å². The highest BCUT2D eigenvalue weighted by Crippen LogP contribution is 2.12. The molecule has 2 aromatic rings. The number of rotatable bonds is 4. The molecule has 0 saturated carbocycles. The Hall–Kier alpha value is -1.69. The fourth-order valence-electron chi connectivity index (χ4n) is 1.62. The van der Waals surface area contributed by atoms with E-state index < -0.39 is 0 Å². The molecule has 6 heteroatoms. The second kappa shape index (κ2) is 5.13. The van der Waals surface area contributed by atoms with Gasteiger partial charge in [-0.25, -0.2) is 9.67 Å². The van der Waals surface area contributed by atoms with Crippen LogP contribution in [0.25, 0.3) is 0 Å². The number of oxazole rings is 1. The Morgan fingerprint density at radius 3 is 2.53 bits per heavy atom. The lowest BCUT2D eigenvalue weighted by atomic mass is 10.1. The van der Waals surface area contributed by atoms with Gasteiger partial charge >= 0.3 is 0 Å². The molecule has 2 heterocycles. The summed E-state index contributed by atoms with van der Waals surface area (Å²) in [5, 5.41) is 11.5. The first-order valence-corrected chi connectivity index (χ1v) is 6.41. The lowest BCUT2D eigenvalue weighted by Gasteiger charge is -2.17. The molecule has 2 aromatic heterocycles. The van der Waals surface area contributed by atoms with E-state index in [1.54, 1.807) is 0 Å². The molecule has 0 radical (unpaired) electrons. The highest BCUT2D eigenvalue weighted by molar-refractivity contribution is 5.05. The quantitative estimate of drug-likeness (QED) is 0.912. The molecule has 6 nitrogen and oxygen atoms in total. The Balaban J connectivity index is 1.87. The molecule has 0 saturated heterocycles. The molecule has 0 aromatic carbocycles. The Kier molecular flexibility index (Phi) is 3.71. The van der Waals surface area contributed by atoms with Crippen LogP contribution in [0, 0.1) is 13.8 Å². The Labute approximate surface area is 113 Å². The van der Waals surface area contributed by atoms with Gasteiger partial charge in [0.25, 0.3) is 0 Å². The van der Waals surface area contributed by atoms with Crippen molar-refractivity contribution in [1.29, 1.82) is 0 Å². The SMILES string of the molecule is Cc1nc(CNCc2cn(C(C)(C)C)nn2)oc1C. The average Bonchev–Trinajstić information content (AvgIpc) is 2.87. The highest BCUT2D eigenvalue weighted by Gasteiger charge is 2.14. The van der Waals surface area contributed by atoms with Crippen LogP contribution >= 0.6 is 0 Å². The first-order valence-electron chi connectivity index (χ1n) is 6.41. The summed E-state index contributed by atoms with van der Waals surface area (Å²) in [7, 11) is 0. The third-order valence-corrected chi connectivity index (χ3v) is 2.88. The molecular formula is C13H21N5O. The lowest BCUT2D eigenvalue weighted by molar-refractivity contribution is 0.346. The first kappa shape index (κ1) is 13.7. The Morgan fingerprint density at radius 2 is 2.00 bits per heavy atom. The summed E-state index contributed by atoms with van der Waals surface area (Å²) in [6.07, 6.45) is 1.96. The predicted molar refractivity (Wildman–Crippen MR) is 71.5 cm³/mol. The van der Waals surface area contributed by atoms with Crippen LogP contribution in [-0.4, -0.2) is 20.0 Å². The standard InChI is InChI=1S/C13H21N5O/c1-9-10(2)19-12(15-9)7-14-6-11-8-18(17-16-11)13(3,4)5/h8,14H,6-7H2,1-5H3. The zero-order chi connectivity index (χ0) is 14.0. The van der Waals surface area contributed by atoms with Crippen LogP contribution in [-0.2, 0) is 18.6 Å². The summed E-state index contributed by atoms with van der Waals surface area (Å²) >= 11 is 0. The van der Waals surface area contributed by atoms with Gasteiger partial charge in [0.05, 0.1) is 29.7 Å². The van der Waals surface area contributed by atoms with Gasteiger partial charge in [0, 0.05) is 6.54 Å². The number of aryl methyl sites for hydroxylation is 2. The van der Waals surface area contributed by atoms with Gasteiger partial charge in [0.15, 0.2) is 0 Å². The van der Waals surface area contributed by atoms with Crippen LogP contribution in [0.5, 0.6) is 0 Å². The topological polar surface area (TPSA) is 68.8 Å². The van der Waals surface area contributed by atoms with Crippen molar-refractivity contribution in [2.45, 2.75) is 53.2 Å². The molecule has 19 heavy (non-hydrogen) atoms. The number of nitrogens with one attached hydrogen (secondary N) is 1. The molecule has 0 aliphatic heterocycles. The van der Waals surface area contributed by atoms with Crippen LogP contribution < -0.4 is 5.32 Å². The summed E-state index contributed by atoms with van der Waals surface area (Å²) in [5.74, 6) is 1.58. The second-order valence-electron chi connectivity index (χ2n) is 5.68. The molecule has 0 aliphatic rings. The fraction of sp³-hybridized carbons (Fsp3) is 0.615. The minimum atomic E-state index is -0.0396. The smallest absolute Gasteiger partial charge is 0.208 e. The molecule has 2 rings (SSSR count). The van der Waals surface area contributed by atoms with Crippen molar-refractivity contribution >= 4 is 0 Å². The molecule has 104 valence electrons. The van der Waals surface area contributed by atoms with Crippen molar-refractivity contribution in [1.82, 2.24) is 25.3 Å². The van der Waals surface area contributed by atoms with E-state index in [9.17, 15) is 0 Å². The zero-order valence-electron chi connectivity index (χ0n) is 12.2. The monoisotopic (exact) mass is 263 g/mol. The number of hydrogen-bond donors (Lipinski definition) is 1. The molecular weight excluding hydrogens is 242 g/mol. The van der Waals surface area contributed by atoms with Gasteiger partial charge in [-0.15, -0.1) is 5.10 Å². The maximum atomic E-state index is 5.50. The summed E-state index contributed by atoms with van der Waals surface area (Å²) in [5.41, 5.74) is 1.81. The van der Waals surface area contributed by atoms with E-state index in [-0.39, 0.29) is 5.54 Å². The van der Waals surface area contributed by atoms with E-state index >= 15 is 0 Å². The third kappa shape index (κ3) is 3.41. The first-order chi connectivity index (χ1) is 8.86. The van der Waals surface area contributed by atoms with E-state index in [0.29, 0.717) is 19.0 Å². The van der Waals surface area contributed by atoms with E-state index in [4.69, 9.17) is 4.42 Å². The minimum Gasteiger partial charge on any atom is -0.444 e. The molecule has 0 atom stereocenters. The minimum absolute atomic E-state index is 0.0396. The number of aromatic nitrogens is 4. The maximum Gasteiger partial charge on any atom is 0.208 e. The van der Waals surface area contributed by atoms with Gasteiger partial charge in [0.2, 0.25) is 5.89 Å². The number of nitrogens with zero attached hydrogens (tertiary/aromatic N) is 4. The van der Waals surface area contributed by atoms with Crippen molar-refractivity contribution in [2.75, 3.05) is 0 Å². The van der Waals surface area contributed by atoms with E-state index in [2.05, 4.69) is 41.4 Å². The molecule has 0 amide bonds. The summed E-state index contributed by atoms with van der Waals surface area (Å²) in [4.78, 5) is 4.32. The average molecular weight is 263 g/mol. The van der Waals surface area contributed by atoms with Gasteiger partial charge < -0.3 is 9.73 Å². The summed E-state index contributed by atoms with van der Waals surface area (Å²) in [6, 6.07) is 0. The van der Waals surface area contributed by atoms with E-state index in [0.717, 1.165) is 17.1 Å². The molecule has 0 unspecified atom stereocenters. The van der Waals surface area contributed by atoms with Crippen molar-refractivity contribution in [3.8, 4) is 0 Å². The van der Waals surface area contributed by atoms with E-state index in [1.807, 2.05) is 24.7 Å². The van der Waals surface area contributed by atoms with Crippen molar-refractivity contribution in [2.24, 2.45) is 0 Å². The highest BCUT2D eigenvalue weighted by atomic mass is 16.4. The number of hydrogen-bond acceptors (Lipinski definition) is 5. The molecule has 0 bridgehead atoms. The maximum absolute atomic E-state index is 5.50. The fourth-order valence-corrected chi connectivity index (χ4v) is 1.62. The molecule has 0 fully saturated rings. The molecule has 0 spiro atoms. The van der Waals surface area contributed by atoms with Crippen LogP contribution in [0.1, 0.15) is 43.8 Å². The summed E-state index contributed by atoms with van der Waals surface area (Å²) in [6.45, 7) is 11.4. The van der Waals surface area contributed by atoms with Crippen molar-refractivity contribution in [3.63, 3.8) is 0 Å². The van der Waals surface area contributed by atoms with Gasteiger partial charge in [-0.05, 0) is 34.6 Å². The zero-order valence-corrected chi connectivity index (χ0v) is 12.2.